The SMILES string of the molecule is C#CCOC(=O)C[P]1(O)CCCC1. The molecule has 0 unspecified atom stereocenters. The van der Waals surface area contributed by atoms with Gasteiger partial charge in [0.05, 0.1) is 6.16 Å². The Bertz CT molecular complexity index is 226. The maximum Gasteiger partial charge on any atom is 0.312 e. The van der Waals surface area contributed by atoms with Crippen LogP contribution in [-0.2, 0) is 9.53 Å². The number of hydrogen-bond donors (Lipinski definition) is 1. The van der Waals surface area contributed by atoms with Crippen molar-refractivity contribution in [2.75, 3.05) is 25.1 Å². The second-order valence-corrected chi connectivity index (χ2v) is 6.67. The third-order valence-electron chi connectivity index (χ3n) is 2.14. The summed E-state index contributed by atoms with van der Waals surface area (Å²) in [6.07, 6.45) is 8.80. The van der Waals surface area contributed by atoms with Crippen LogP contribution in [-0.4, -0.2) is 36.0 Å². The fraction of sp³-hybridized carbons (Fsp3) is 0.667. The predicted molar refractivity (Wildman–Crippen MR) is 52.8 cm³/mol. The quantitative estimate of drug-likeness (QED) is 0.419. The zero-order chi connectivity index (χ0) is 9.73. The Labute approximate surface area is 78.9 Å². The van der Waals surface area contributed by atoms with E-state index in [1.165, 1.54) is 0 Å². The Balaban J connectivity index is 2.31. The Morgan fingerprint density at radius 1 is 1.54 bits per heavy atom. The van der Waals surface area contributed by atoms with Crippen LogP contribution in [0.1, 0.15) is 12.8 Å². The van der Waals surface area contributed by atoms with E-state index in [9.17, 15) is 9.69 Å². The standard InChI is InChI=1S/C9H14O3P/c1-2-5-12-9(10)8-13(11)6-3-4-7-13/h1,11H,3-8H2. The van der Waals surface area contributed by atoms with Crippen LogP contribution in [0.25, 0.3) is 0 Å². The molecule has 1 aliphatic heterocycles. The van der Waals surface area contributed by atoms with Crippen LogP contribution in [0.4, 0.5) is 0 Å². The second kappa shape index (κ2) is 4.60. The van der Waals surface area contributed by atoms with Gasteiger partial charge in [0, 0.05) is 0 Å². The molecule has 1 aliphatic rings. The predicted octanol–water partition coefficient (Wildman–Crippen LogP) is 0.881. The van der Waals surface area contributed by atoms with Crippen LogP contribution in [0.2, 0.25) is 0 Å². The number of carbonyl (C=O) groups is 1. The maximum atomic E-state index is 11.1. The van der Waals surface area contributed by atoms with Gasteiger partial charge in [0.15, 0.2) is 6.61 Å². The summed E-state index contributed by atoms with van der Waals surface area (Å²) in [6, 6.07) is 0. The van der Waals surface area contributed by atoms with Gasteiger partial charge in [-0.1, -0.05) is 5.92 Å². The molecule has 73 valence electrons. The van der Waals surface area contributed by atoms with E-state index < -0.39 is 7.49 Å². The molecule has 0 aliphatic carbocycles. The van der Waals surface area contributed by atoms with E-state index in [4.69, 9.17) is 11.2 Å². The van der Waals surface area contributed by atoms with Crippen LogP contribution in [0, 0.1) is 12.3 Å². The first-order chi connectivity index (χ1) is 6.16. The van der Waals surface area contributed by atoms with Crippen molar-refractivity contribution < 1.29 is 14.4 Å². The largest absolute Gasteiger partial charge is 0.452 e. The molecule has 3 nitrogen and oxygen atoms in total. The normalized spacial score (nSPS) is 19.4. The van der Waals surface area contributed by atoms with E-state index in [-0.39, 0.29) is 18.7 Å². The molecule has 0 saturated carbocycles. The minimum Gasteiger partial charge on any atom is -0.452 e. The topological polar surface area (TPSA) is 46.5 Å². The van der Waals surface area contributed by atoms with Gasteiger partial charge in [-0.2, -0.15) is 0 Å². The van der Waals surface area contributed by atoms with E-state index >= 15 is 0 Å². The molecule has 0 aromatic carbocycles. The van der Waals surface area contributed by atoms with Crippen LogP contribution in [0.15, 0.2) is 0 Å². The highest BCUT2D eigenvalue weighted by atomic mass is 31.2. The average Bonchev–Trinajstić information content (AvgIpc) is 2.48. The summed E-state index contributed by atoms with van der Waals surface area (Å²) in [4.78, 5) is 21.0. The van der Waals surface area contributed by atoms with Gasteiger partial charge in [-0.3, -0.25) is 4.79 Å². The zero-order valence-electron chi connectivity index (χ0n) is 7.53. The lowest BCUT2D eigenvalue weighted by Crippen LogP contribution is -2.14. The molecule has 1 N–H and O–H groups in total. The minimum atomic E-state index is -1.96. The summed E-state index contributed by atoms with van der Waals surface area (Å²) in [6.45, 7) is 0.0127. The Hall–Kier alpha value is -0.580. The van der Waals surface area contributed by atoms with E-state index in [1.807, 2.05) is 0 Å². The molecule has 1 radical (unpaired) electrons. The van der Waals surface area contributed by atoms with Gasteiger partial charge in [0.2, 0.25) is 0 Å². The first kappa shape index (κ1) is 10.5. The van der Waals surface area contributed by atoms with Crippen LogP contribution in [0.3, 0.4) is 0 Å². The summed E-state index contributed by atoms with van der Waals surface area (Å²) in [7, 11) is -1.96. The van der Waals surface area contributed by atoms with Gasteiger partial charge < -0.3 is 9.63 Å². The smallest absolute Gasteiger partial charge is 0.312 e. The van der Waals surface area contributed by atoms with E-state index in [0.717, 1.165) is 25.2 Å². The summed E-state index contributed by atoms with van der Waals surface area (Å²) >= 11 is 0. The number of ether oxygens (including phenoxy) is 1. The first-order valence-electron chi connectivity index (χ1n) is 4.34. The fourth-order valence-corrected chi connectivity index (χ4v) is 4.23. The van der Waals surface area contributed by atoms with Gasteiger partial charge in [-0.05, 0) is 32.7 Å². The molecule has 0 aromatic heterocycles. The van der Waals surface area contributed by atoms with Crippen molar-refractivity contribution >= 4 is 13.5 Å². The minimum absolute atomic E-state index is 0.0127. The first-order valence-corrected chi connectivity index (χ1v) is 6.64. The van der Waals surface area contributed by atoms with E-state index in [2.05, 4.69) is 5.92 Å². The molecule has 13 heavy (non-hydrogen) atoms. The molecular weight excluding hydrogens is 187 g/mol. The molecule has 1 fully saturated rings. The Morgan fingerprint density at radius 3 is 2.69 bits per heavy atom. The fourth-order valence-electron chi connectivity index (χ4n) is 1.49. The lowest BCUT2D eigenvalue weighted by atomic mass is 10.4. The zero-order valence-corrected chi connectivity index (χ0v) is 8.43. The summed E-state index contributed by atoms with van der Waals surface area (Å²) < 4.78 is 4.71. The maximum absolute atomic E-state index is 11.1. The van der Waals surface area contributed by atoms with Crippen molar-refractivity contribution in [2.24, 2.45) is 0 Å². The summed E-state index contributed by atoms with van der Waals surface area (Å²) in [5.74, 6) is 1.87. The van der Waals surface area contributed by atoms with Crippen molar-refractivity contribution in [3.05, 3.63) is 0 Å². The van der Waals surface area contributed by atoms with Gasteiger partial charge in [0.1, 0.15) is 0 Å². The van der Waals surface area contributed by atoms with Crippen LogP contribution in [0.5, 0.6) is 0 Å². The van der Waals surface area contributed by atoms with E-state index in [0.29, 0.717) is 0 Å². The highest BCUT2D eigenvalue weighted by molar-refractivity contribution is 7.71. The third-order valence-corrected chi connectivity index (χ3v) is 5.28. The van der Waals surface area contributed by atoms with Crippen molar-refractivity contribution in [2.45, 2.75) is 12.8 Å². The highest BCUT2D eigenvalue weighted by Gasteiger charge is 2.31. The molecule has 0 aromatic rings. The second-order valence-electron chi connectivity index (χ2n) is 3.27. The van der Waals surface area contributed by atoms with Gasteiger partial charge in [0.25, 0.3) is 0 Å². The van der Waals surface area contributed by atoms with Crippen LogP contribution < -0.4 is 0 Å². The van der Waals surface area contributed by atoms with Crippen molar-refractivity contribution in [3.8, 4) is 12.3 Å². The number of esters is 1. The molecular formula is C9H14O3P. The summed E-state index contributed by atoms with van der Waals surface area (Å²) in [5.41, 5.74) is 0. The van der Waals surface area contributed by atoms with Crippen LogP contribution >= 0.6 is 7.49 Å². The number of terminal acetylenes is 1. The van der Waals surface area contributed by atoms with Gasteiger partial charge >= 0.3 is 5.97 Å². The number of rotatable bonds is 3. The Kier molecular flexibility index (Phi) is 3.71. The molecule has 0 amide bonds. The average molecular weight is 201 g/mol. The molecule has 0 bridgehead atoms. The van der Waals surface area contributed by atoms with Gasteiger partial charge in [-0.25, -0.2) is 0 Å². The highest BCUT2D eigenvalue weighted by Crippen LogP contribution is 2.59. The summed E-state index contributed by atoms with van der Waals surface area (Å²) in [5, 5.41) is 0. The number of carbonyl (C=O) groups excluding carboxylic acids is 1. The molecule has 4 heteroatoms. The lowest BCUT2D eigenvalue weighted by molar-refractivity contribution is -0.139. The number of hydrogen-bond acceptors (Lipinski definition) is 3. The van der Waals surface area contributed by atoms with Crippen molar-refractivity contribution in [1.29, 1.82) is 0 Å². The molecule has 1 heterocycles. The van der Waals surface area contributed by atoms with Gasteiger partial charge in [-0.15, -0.1) is 6.42 Å². The lowest BCUT2D eigenvalue weighted by Gasteiger charge is -2.22. The van der Waals surface area contributed by atoms with Crippen molar-refractivity contribution in [3.63, 3.8) is 0 Å². The van der Waals surface area contributed by atoms with E-state index in [1.54, 1.807) is 0 Å². The molecule has 1 saturated heterocycles. The molecule has 0 atom stereocenters. The molecule has 1 rings (SSSR count). The molecule has 0 spiro atoms. The van der Waals surface area contributed by atoms with Crippen molar-refractivity contribution in [1.82, 2.24) is 0 Å². The Morgan fingerprint density at radius 2 is 2.15 bits per heavy atom. The monoisotopic (exact) mass is 201 g/mol. The third kappa shape index (κ3) is 3.34.